The molecule has 1 aromatic heterocycles. The molecule has 0 bridgehead atoms. The van der Waals surface area contributed by atoms with Gasteiger partial charge >= 0.3 is 0 Å². The molecule has 0 saturated heterocycles. The molecule has 1 heterocycles. The van der Waals surface area contributed by atoms with Crippen LogP contribution in [0.5, 0.6) is 0 Å². The van der Waals surface area contributed by atoms with Crippen molar-refractivity contribution in [1.29, 1.82) is 0 Å². The Labute approximate surface area is 101 Å². The Morgan fingerprint density at radius 1 is 1.62 bits per heavy atom. The van der Waals surface area contributed by atoms with Gasteiger partial charge in [0.1, 0.15) is 5.69 Å². The van der Waals surface area contributed by atoms with Crippen LogP contribution in [0.1, 0.15) is 36.7 Å². The Balaban J connectivity index is 2.34. The van der Waals surface area contributed by atoms with Crippen molar-refractivity contribution in [1.82, 2.24) is 15.5 Å². The second-order valence-electron chi connectivity index (χ2n) is 3.81. The Morgan fingerprint density at radius 2 is 2.44 bits per heavy atom. The van der Waals surface area contributed by atoms with E-state index in [1.807, 2.05) is 0 Å². The first-order valence-electron chi connectivity index (χ1n) is 5.61. The van der Waals surface area contributed by atoms with E-state index >= 15 is 0 Å². The maximum Gasteiger partial charge on any atom is 0.269 e. The number of carbonyl (C=O) groups is 1. The summed E-state index contributed by atoms with van der Waals surface area (Å²) in [6.45, 7) is 2.82. The highest BCUT2D eigenvalue weighted by molar-refractivity contribution is 6.17. The van der Waals surface area contributed by atoms with Gasteiger partial charge in [0, 0.05) is 18.6 Å². The van der Waals surface area contributed by atoms with Crippen LogP contribution in [0.2, 0.25) is 0 Å². The second kappa shape index (κ2) is 7.28. The highest BCUT2D eigenvalue weighted by Gasteiger charge is 2.11. The van der Waals surface area contributed by atoms with E-state index in [0.29, 0.717) is 24.0 Å². The minimum Gasteiger partial charge on any atom is -0.350 e. The molecule has 2 N–H and O–H groups in total. The van der Waals surface area contributed by atoms with Gasteiger partial charge in [0.25, 0.3) is 5.91 Å². The van der Waals surface area contributed by atoms with E-state index in [1.165, 1.54) is 0 Å². The van der Waals surface area contributed by atoms with Crippen LogP contribution in [-0.4, -0.2) is 28.5 Å². The van der Waals surface area contributed by atoms with Gasteiger partial charge in [-0.2, -0.15) is 5.10 Å². The van der Waals surface area contributed by atoms with Gasteiger partial charge in [-0.05, 0) is 24.8 Å². The molecule has 0 aromatic carbocycles. The van der Waals surface area contributed by atoms with Gasteiger partial charge in [-0.25, -0.2) is 0 Å². The third-order valence-corrected chi connectivity index (χ3v) is 2.73. The van der Waals surface area contributed by atoms with E-state index in [9.17, 15) is 4.79 Å². The largest absolute Gasteiger partial charge is 0.350 e. The van der Waals surface area contributed by atoms with Crippen molar-refractivity contribution < 1.29 is 4.79 Å². The lowest BCUT2D eigenvalue weighted by Crippen LogP contribution is -2.29. The topological polar surface area (TPSA) is 57.8 Å². The predicted molar refractivity (Wildman–Crippen MR) is 64.7 cm³/mol. The molecule has 0 spiro atoms. The minimum atomic E-state index is -0.104. The van der Waals surface area contributed by atoms with Gasteiger partial charge in [-0.3, -0.25) is 9.89 Å². The Hall–Kier alpha value is -1.03. The maximum atomic E-state index is 11.6. The van der Waals surface area contributed by atoms with Crippen LogP contribution < -0.4 is 5.32 Å². The van der Waals surface area contributed by atoms with Crippen LogP contribution >= 0.6 is 11.6 Å². The molecule has 0 aliphatic heterocycles. The number of nitrogens with zero attached hydrogens (tertiary/aromatic N) is 1. The second-order valence-corrected chi connectivity index (χ2v) is 4.19. The van der Waals surface area contributed by atoms with E-state index < -0.39 is 0 Å². The number of H-pyrrole nitrogens is 1. The number of hydrogen-bond donors (Lipinski definition) is 2. The number of nitrogens with one attached hydrogen (secondary N) is 2. The van der Waals surface area contributed by atoms with Crippen molar-refractivity contribution in [3.8, 4) is 0 Å². The summed E-state index contributed by atoms with van der Waals surface area (Å²) in [6, 6.07) is 1.66. The maximum absolute atomic E-state index is 11.6. The SMILES string of the molecule is CCCC(CCCl)CNC(=O)c1ccn[nH]1. The first kappa shape index (κ1) is 13.0. The summed E-state index contributed by atoms with van der Waals surface area (Å²) in [5, 5.41) is 9.26. The normalized spacial score (nSPS) is 12.4. The molecule has 90 valence electrons. The number of hydrogen-bond acceptors (Lipinski definition) is 2. The lowest BCUT2D eigenvalue weighted by Gasteiger charge is -2.14. The van der Waals surface area contributed by atoms with E-state index in [2.05, 4.69) is 22.4 Å². The quantitative estimate of drug-likeness (QED) is 0.722. The van der Waals surface area contributed by atoms with Crippen molar-refractivity contribution in [3.05, 3.63) is 18.0 Å². The molecule has 1 rings (SSSR count). The minimum absolute atomic E-state index is 0.104. The fraction of sp³-hybridized carbons (Fsp3) is 0.636. The average molecular weight is 244 g/mol. The summed E-state index contributed by atoms with van der Waals surface area (Å²) in [4.78, 5) is 11.6. The predicted octanol–water partition coefficient (Wildman–Crippen LogP) is 2.18. The Morgan fingerprint density at radius 3 is 3.00 bits per heavy atom. The number of rotatable bonds is 7. The third-order valence-electron chi connectivity index (χ3n) is 2.51. The summed E-state index contributed by atoms with van der Waals surface area (Å²) >= 11 is 5.72. The van der Waals surface area contributed by atoms with Crippen molar-refractivity contribution in [2.75, 3.05) is 12.4 Å². The lowest BCUT2D eigenvalue weighted by atomic mass is 10.0. The summed E-state index contributed by atoms with van der Waals surface area (Å²) in [5.74, 6) is 1.01. The van der Waals surface area contributed by atoms with E-state index in [4.69, 9.17) is 11.6 Å². The Kier molecular flexibility index (Phi) is 5.93. The van der Waals surface area contributed by atoms with Gasteiger partial charge in [0.15, 0.2) is 0 Å². The summed E-state index contributed by atoms with van der Waals surface area (Å²) < 4.78 is 0. The first-order chi connectivity index (χ1) is 7.77. The zero-order chi connectivity index (χ0) is 11.8. The number of amides is 1. The average Bonchev–Trinajstić information content (AvgIpc) is 2.79. The van der Waals surface area contributed by atoms with E-state index in [-0.39, 0.29) is 5.91 Å². The smallest absolute Gasteiger partial charge is 0.269 e. The summed E-state index contributed by atoms with van der Waals surface area (Å²) in [7, 11) is 0. The number of alkyl halides is 1. The van der Waals surface area contributed by atoms with Gasteiger partial charge in [0.05, 0.1) is 0 Å². The number of aromatic nitrogens is 2. The molecule has 1 amide bonds. The standard InChI is InChI=1S/C11H18ClN3O/c1-2-3-9(4-6-12)8-13-11(16)10-5-7-14-15-10/h5,7,9H,2-4,6,8H2,1H3,(H,13,16)(H,14,15). The molecule has 0 aliphatic rings. The third kappa shape index (κ3) is 4.23. The summed E-state index contributed by atoms with van der Waals surface area (Å²) in [6.07, 6.45) is 4.72. The van der Waals surface area contributed by atoms with Crippen LogP contribution in [-0.2, 0) is 0 Å². The van der Waals surface area contributed by atoms with Crippen LogP contribution in [0.3, 0.4) is 0 Å². The molecule has 16 heavy (non-hydrogen) atoms. The number of aromatic amines is 1. The van der Waals surface area contributed by atoms with Gasteiger partial charge in [-0.15, -0.1) is 11.6 Å². The molecule has 0 aliphatic carbocycles. The fourth-order valence-electron chi connectivity index (χ4n) is 1.63. The molecule has 0 radical (unpaired) electrons. The molecule has 5 heteroatoms. The molecule has 0 fully saturated rings. The van der Waals surface area contributed by atoms with Gasteiger partial charge < -0.3 is 5.32 Å². The number of carbonyl (C=O) groups excluding carboxylic acids is 1. The van der Waals surface area contributed by atoms with Gasteiger partial charge in [-0.1, -0.05) is 13.3 Å². The monoisotopic (exact) mass is 243 g/mol. The fourth-order valence-corrected chi connectivity index (χ4v) is 1.93. The van der Waals surface area contributed by atoms with Crippen LogP contribution in [0.25, 0.3) is 0 Å². The zero-order valence-electron chi connectivity index (χ0n) is 9.50. The summed E-state index contributed by atoms with van der Waals surface area (Å²) in [5.41, 5.74) is 0.501. The van der Waals surface area contributed by atoms with Crippen LogP contribution in [0, 0.1) is 5.92 Å². The molecular formula is C11H18ClN3O. The zero-order valence-corrected chi connectivity index (χ0v) is 10.3. The molecule has 0 saturated carbocycles. The van der Waals surface area contributed by atoms with Crippen molar-refractivity contribution in [2.45, 2.75) is 26.2 Å². The number of halogens is 1. The van der Waals surface area contributed by atoms with E-state index in [1.54, 1.807) is 12.3 Å². The Bertz CT molecular complexity index is 294. The highest BCUT2D eigenvalue weighted by atomic mass is 35.5. The van der Waals surface area contributed by atoms with Crippen molar-refractivity contribution in [3.63, 3.8) is 0 Å². The molecule has 1 unspecified atom stereocenters. The molecule has 4 nitrogen and oxygen atoms in total. The van der Waals surface area contributed by atoms with Gasteiger partial charge in [0.2, 0.25) is 0 Å². The lowest BCUT2D eigenvalue weighted by molar-refractivity contribution is 0.0941. The molecule has 1 atom stereocenters. The molecule has 1 aromatic rings. The van der Waals surface area contributed by atoms with Crippen molar-refractivity contribution >= 4 is 17.5 Å². The molecular weight excluding hydrogens is 226 g/mol. The van der Waals surface area contributed by atoms with Crippen LogP contribution in [0.4, 0.5) is 0 Å². The first-order valence-corrected chi connectivity index (χ1v) is 6.15. The van der Waals surface area contributed by atoms with E-state index in [0.717, 1.165) is 19.3 Å². The van der Waals surface area contributed by atoms with Crippen LogP contribution in [0.15, 0.2) is 12.3 Å². The highest BCUT2D eigenvalue weighted by Crippen LogP contribution is 2.11. The van der Waals surface area contributed by atoms with Crippen molar-refractivity contribution in [2.24, 2.45) is 5.92 Å².